The van der Waals surface area contributed by atoms with E-state index in [2.05, 4.69) is 15.3 Å². The minimum absolute atomic E-state index is 0.232. The van der Waals surface area contributed by atoms with E-state index >= 15 is 0 Å². The summed E-state index contributed by atoms with van der Waals surface area (Å²) >= 11 is 4.90. The Balaban J connectivity index is 2.58. The van der Waals surface area contributed by atoms with Gasteiger partial charge in [-0.15, -0.1) is 0 Å². The Bertz CT molecular complexity index is 391. The molecule has 86 valence electrons. The van der Waals surface area contributed by atoms with Crippen LogP contribution in [0.1, 0.15) is 24.2 Å². The molecule has 0 radical (unpaired) electrons. The number of nitrogens with zero attached hydrogens (tertiary/aromatic N) is 2. The van der Waals surface area contributed by atoms with Gasteiger partial charge in [0.2, 0.25) is 0 Å². The first kappa shape index (κ1) is 12.5. The third-order valence-electron chi connectivity index (χ3n) is 2.18. The molecule has 1 aromatic rings. The molecule has 1 rings (SSSR count). The second-order valence-electron chi connectivity index (χ2n) is 4.06. The summed E-state index contributed by atoms with van der Waals surface area (Å²) in [6, 6.07) is 0. The lowest BCUT2D eigenvalue weighted by atomic mass is 9.93. The van der Waals surface area contributed by atoms with Crippen LogP contribution >= 0.6 is 12.2 Å². The fraction of sp³-hybridized carbons (Fsp3) is 0.400. The second-order valence-corrected chi connectivity index (χ2v) is 4.50. The van der Waals surface area contributed by atoms with E-state index in [4.69, 9.17) is 18.0 Å². The summed E-state index contributed by atoms with van der Waals surface area (Å²) in [5.74, 6) is -0.232. The third-order valence-corrected chi connectivity index (χ3v) is 2.73. The normalized spacial score (nSPS) is 10.9. The Morgan fingerprint density at radius 2 is 2.06 bits per heavy atom. The summed E-state index contributed by atoms with van der Waals surface area (Å²) < 4.78 is 0. The number of hydrogen-bond donors (Lipinski definition) is 2. The number of carbonyl (C=O) groups is 1. The molecule has 1 heterocycles. The number of amides is 1. The zero-order valence-electron chi connectivity index (χ0n) is 9.23. The molecule has 1 amide bonds. The molecule has 1 aromatic heterocycles. The van der Waals surface area contributed by atoms with Crippen LogP contribution in [0.5, 0.6) is 0 Å². The summed E-state index contributed by atoms with van der Waals surface area (Å²) in [4.78, 5) is 19.5. The maximum Gasteiger partial charge on any atom is 0.254 e. The summed E-state index contributed by atoms with van der Waals surface area (Å²) in [5, 5.41) is 2.73. The molecule has 0 atom stereocenters. The van der Waals surface area contributed by atoms with Crippen LogP contribution < -0.4 is 11.1 Å². The largest absolute Gasteiger partial charge is 0.393 e. The Morgan fingerprint density at radius 3 is 2.56 bits per heavy atom. The summed E-state index contributed by atoms with van der Waals surface area (Å²) in [5.41, 5.74) is 5.57. The van der Waals surface area contributed by atoms with E-state index < -0.39 is 5.41 Å². The van der Waals surface area contributed by atoms with Gasteiger partial charge in [-0.25, -0.2) is 9.97 Å². The first-order valence-corrected chi connectivity index (χ1v) is 5.17. The molecule has 0 aliphatic rings. The monoisotopic (exact) mass is 238 g/mol. The number of rotatable bonds is 4. The third kappa shape index (κ3) is 3.23. The van der Waals surface area contributed by atoms with E-state index in [0.29, 0.717) is 17.1 Å². The van der Waals surface area contributed by atoms with Gasteiger partial charge in [0.15, 0.2) is 0 Å². The second kappa shape index (κ2) is 4.98. The smallest absolute Gasteiger partial charge is 0.254 e. The van der Waals surface area contributed by atoms with E-state index in [1.807, 2.05) is 13.8 Å². The number of nitrogens with one attached hydrogen (secondary N) is 1. The van der Waals surface area contributed by atoms with Crippen LogP contribution in [0.15, 0.2) is 18.7 Å². The van der Waals surface area contributed by atoms with Crippen LogP contribution in [0.3, 0.4) is 0 Å². The highest BCUT2D eigenvalue weighted by Crippen LogP contribution is 2.13. The number of aromatic nitrogens is 2. The molecule has 0 aliphatic heterocycles. The average Bonchev–Trinajstić information content (AvgIpc) is 2.27. The lowest BCUT2D eigenvalue weighted by Gasteiger charge is -2.23. The fourth-order valence-electron chi connectivity index (χ4n) is 0.907. The van der Waals surface area contributed by atoms with Crippen molar-refractivity contribution >= 4 is 23.1 Å². The van der Waals surface area contributed by atoms with Crippen molar-refractivity contribution in [3.8, 4) is 0 Å². The van der Waals surface area contributed by atoms with E-state index in [-0.39, 0.29) is 5.91 Å². The first-order valence-electron chi connectivity index (χ1n) is 4.76. The van der Waals surface area contributed by atoms with Crippen molar-refractivity contribution in [1.82, 2.24) is 15.3 Å². The van der Waals surface area contributed by atoms with Gasteiger partial charge >= 0.3 is 0 Å². The molecule has 3 N–H and O–H groups in total. The zero-order valence-corrected chi connectivity index (χ0v) is 10.0. The summed E-state index contributed by atoms with van der Waals surface area (Å²) in [7, 11) is 0. The molecule has 0 aliphatic carbocycles. The van der Waals surface area contributed by atoms with Crippen LogP contribution in [-0.4, -0.2) is 27.4 Å². The lowest BCUT2D eigenvalue weighted by Crippen LogP contribution is -2.41. The maximum absolute atomic E-state index is 11.6. The highest BCUT2D eigenvalue weighted by Gasteiger charge is 2.22. The topological polar surface area (TPSA) is 80.9 Å². The van der Waals surface area contributed by atoms with Crippen molar-refractivity contribution in [2.75, 3.05) is 6.54 Å². The van der Waals surface area contributed by atoms with Crippen molar-refractivity contribution < 1.29 is 4.79 Å². The van der Waals surface area contributed by atoms with Gasteiger partial charge in [-0.2, -0.15) is 0 Å². The van der Waals surface area contributed by atoms with Gasteiger partial charge in [-0.1, -0.05) is 26.1 Å². The van der Waals surface area contributed by atoms with Gasteiger partial charge in [0, 0.05) is 24.4 Å². The molecular formula is C10H14N4OS. The lowest BCUT2D eigenvalue weighted by molar-refractivity contribution is 0.0944. The molecule has 0 saturated heterocycles. The van der Waals surface area contributed by atoms with Crippen LogP contribution in [0.2, 0.25) is 0 Å². The van der Waals surface area contributed by atoms with E-state index in [1.54, 1.807) is 0 Å². The molecule has 0 aromatic carbocycles. The summed E-state index contributed by atoms with van der Waals surface area (Å²) in [6.45, 7) is 4.13. The van der Waals surface area contributed by atoms with Crippen molar-refractivity contribution in [3.05, 3.63) is 24.3 Å². The molecule has 0 saturated carbocycles. The number of carbonyl (C=O) groups excluding carboxylic acids is 1. The van der Waals surface area contributed by atoms with Crippen LogP contribution in [0.4, 0.5) is 0 Å². The van der Waals surface area contributed by atoms with Crippen LogP contribution in [-0.2, 0) is 0 Å². The molecule has 16 heavy (non-hydrogen) atoms. The van der Waals surface area contributed by atoms with Crippen molar-refractivity contribution in [3.63, 3.8) is 0 Å². The Hall–Kier alpha value is -1.56. The first-order chi connectivity index (χ1) is 7.43. The molecule has 0 fully saturated rings. The van der Waals surface area contributed by atoms with Crippen LogP contribution in [0, 0.1) is 5.41 Å². The molecule has 5 nitrogen and oxygen atoms in total. The fourth-order valence-corrected chi connectivity index (χ4v) is 0.979. The zero-order chi connectivity index (χ0) is 12.2. The number of nitrogens with two attached hydrogens (primary N) is 1. The quantitative estimate of drug-likeness (QED) is 0.747. The van der Waals surface area contributed by atoms with Gasteiger partial charge in [0.05, 0.1) is 10.6 Å². The maximum atomic E-state index is 11.6. The minimum Gasteiger partial charge on any atom is -0.393 e. The highest BCUT2D eigenvalue weighted by molar-refractivity contribution is 7.80. The Labute approximate surface area is 99.5 Å². The Morgan fingerprint density at radius 1 is 1.50 bits per heavy atom. The van der Waals surface area contributed by atoms with Gasteiger partial charge in [0.1, 0.15) is 6.33 Å². The predicted molar refractivity (Wildman–Crippen MR) is 64.9 cm³/mol. The van der Waals surface area contributed by atoms with E-state index in [0.717, 1.165) is 0 Å². The molecule has 0 unspecified atom stereocenters. The summed E-state index contributed by atoms with van der Waals surface area (Å²) in [6.07, 6.45) is 4.28. The standard InChI is InChI=1S/C10H14N4OS/c1-10(2,9(11)16)5-14-8(15)7-3-12-6-13-4-7/h3-4,6H,5H2,1-2H3,(H2,11,16)(H,14,15). The SMILES string of the molecule is CC(C)(CNC(=O)c1cncnc1)C(N)=S. The predicted octanol–water partition coefficient (Wildman–Crippen LogP) is 0.519. The van der Waals surface area contributed by atoms with E-state index in [1.165, 1.54) is 18.7 Å². The van der Waals surface area contributed by atoms with E-state index in [9.17, 15) is 4.79 Å². The van der Waals surface area contributed by atoms with Gasteiger partial charge in [-0.3, -0.25) is 4.79 Å². The van der Waals surface area contributed by atoms with Crippen LogP contribution in [0.25, 0.3) is 0 Å². The average molecular weight is 238 g/mol. The van der Waals surface area contributed by atoms with Gasteiger partial charge in [-0.05, 0) is 0 Å². The van der Waals surface area contributed by atoms with Gasteiger partial charge < -0.3 is 11.1 Å². The highest BCUT2D eigenvalue weighted by atomic mass is 32.1. The van der Waals surface area contributed by atoms with Gasteiger partial charge in [0.25, 0.3) is 5.91 Å². The number of thiocarbonyl (C=S) groups is 1. The molecule has 6 heteroatoms. The molecule has 0 spiro atoms. The Kier molecular flexibility index (Phi) is 3.89. The molecule has 0 bridgehead atoms. The molecular weight excluding hydrogens is 224 g/mol. The van der Waals surface area contributed by atoms with Crippen molar-refractivity contribution in [1.29, 1.82) is 0 Å². The van der Waals surface area contributed by atoms with Crippen molar-refractivity contribution in [2.24, 2.45) is 11.1 Å². The van der Waals surface area contributed by atoms with Crippen molar-refractivity contribution in [2.45, 2.75) is 13.8 Å². The minimum atomic E-state index is -0.402. The number of hydrogen-bond acceptors (Lipinski definition) is 4.